The number of methoxy groups -OCH3 is 1. The molecule has 276 valence electrons. The lowest BCUT2D eigenvalue weighted by atomic mass is 9.49. The summed E-state index contributed by atoms with van der Waals surface area (Å²) in [4.78, 5) is 70.9. The number of imide groups is 2. The molecule has 4 aromatic rings. The highest BCUT2D eigenvalue weighted by atomic mass is 35.5. The Labute approximate surface area is 320 Å². The van der Waals surface area contributed by atoms with E-state index in [-0.39, 0.29) is 54.6 Å². The lowest BCUT2D eigenvalue weighted by molar-refractivity contribution is -0.142. The Balaban J connectivity index is 1.34. The number of nitrogens with one attached hydrogen (secondary N) is 1. The number of fused-ring (bicyclic) bond motifs is 5. The molecular formula is C41H35Cl2N3O8. The second-order valence-corrected chi connectivity index (χ2v) is 15.1. The highest BCUT2D eigenvalue weighted by Gasteiger charge is 2.70. The van der Waals surface area contributed by atoms with Crippen molar-refractivity contribution in [3.05, 3.63) is 112 Å². The van der Waals surface area contributed by atoms with E-state index in [2.05, 4.69) is 5.43 Å². The Hall–Kier alpha value is -5.39. The Morgan fingerprint density at radius 2 is 1.70 bits per heavy atom. The van der Waals surface area contributed by atoms with Crippen LogP contribution in [0.5, 0.6) is 11.5 Å². The zero-order chi connectivity index (χ0) is 38.1. The van der Waals surface area contributed by atoms with Crippen LogP contribution >= 0.6 is 23.2 Å². The van der Waals surface area contributed by atoms with Crippen LogP contribution in [0.2, 0.25) is 10.0 Å². The number of hydrogen-bond donors (Lipinski definition) is 3. The highest BCUT2D eigenvalue weighted by molar-refractivity contribution is 6.36. The zero-order valence-corrected chi connectivity index (χ0v) is 30.5. The molecule has 2 aliphatic heterocycles. The number of carboxylic acids is 1. The van der Waals surface area contributed by atoms with Crippen LogP contribution in [0.25, 0.3) is 10.8 Å². The van der Waals surface area contributed by atoms with Crippen LogP contribution in [-0.4, -0.2) is 63.4 Å². The van der Waals surface area contributed by atoms with Gasteiger partial charge in [0, 0.05) is 34.9 Å². The van der Waals surface area contributed by atoms with Crippen molar-refractivity contribution < 1.29 is 38.9 Å². The van der Waals surface area contributed by atoms with Gasteiger partial charge in [-0.1, -0.05) is 83.4 Å². The van der Waals surface area contributed by atoms with Gasteiger partial charge < -0.3 is 14.9 Å². The molecule has 3 fully saturated rings. The topological polar surface area (TPSA) is 154 Å². The number of nitrogens with zero attached hydrogens (tertiary/aromatic N) is 2. The van der Waals surface area contributed by atoms with Crippen molar-refractivity contribution in [2.75, 3.05) is 19.1 Å². The Bertz CT molecular complexity index is 2290. The van der Waals surface area contributed by atoms with Gasteiger partial charge in [-0.25, -0.2) is 0 Å². The summed E-state index contributed by atoms with van der Waals surface area (Å²) in [5, 5.41) is 24.2. The number of aromatic hydroxyl groups is 1. The Morgan fingerprint density at radius 1 is 0.944 bits per heavy atom. The number of aliphatic carboxylic acids is 1. The average molecular weight is 769 g/mol. The Kier molecular flexibility index (Phi) is 8.89. The molecule has 8 rings (SSSR count). The number of amides is 4. The minimum absolute atomic E-state index is 0.0376. The van der Waals surface area contributed by atoms with Crippen LogP contribution in [-0.2, 0) is 29.4 Å². The largest absolute Gasteiger partial charge is 0.507 e. The maximum absolute atomic E-state index is 15.5. The van der Waals surface area contributed by atoms with E-state index in [1.54, 1.807) is 54.6 Å². The number of carbonyl (C=O) groups is 5. The fraction of sp³-hybridized carbons (Fsp3) is 0.293. The fourth-order valence-corrected chi connectivity index (χ4v) is 9.82. The molecule has 4 aromatic carbocycles. The number of phenols is 1. The number of allylic oxidation sites excluding steroid dienone is 2. The molecule has 54 heavy (non-hydrogen) atoms. The normalized spacial score (nSPS) is 26.1. The number of carbonyl (C=O) groups excluding carboxylic acids is 4. The molecule has 0 spiro atoms. The molecular weight excluding hydrogens is 733 g/mol. The first-order valence-corrected chi connectivity index (χ1v) is 18.4. The van der Waals surface area contributed by atoms with Crippen molar-refractivity contribution in [3.8, 4) is 11.5 Å². The van der Waals surface area contributed by atoms with Gasteiger partial charge in [0.1, 0.15) is 11.5 Å². The number of ether oxygens (including phenoxy) is 1. The predicted molar refractivity (Wildman–Crippen MR) is 200 cm³/mol. The van der Waals surface area contributed by atoms with Gasteiger partial charge in [0.15, 0.2) is 0 Å². The first kappa shape index (κ1) is 35.6. The number of hydrazine groups is 1. The minimum Gasteiger partial charge on any atom is -0.507 e. The minimum atomic E-state index is -1.64. The monoisotopic (exact) mass is 767 g/mol. The van der Waals surface area contributed by atoms with Crippen LogP contribution in [0.1, 0.15) is 42.7 Å². The number of carboxylic acid groups (broad SMARTS) is 1. The summed E-state index contributed by atoms with van der Waals surface area (Å²) in [5.74, 6) is -6.78. The zero-order valence-electron chi connectivity index (χ0n) is 29.0. The number of benzene rings is 4. The second-order valence-electron chi connectivity index (χ2n) is 14.3. The molecule has 2 aliphatic carbocycles. The van der Waals surface area contributed by atoms with Gasteiger partial charge in [-0.05, 0) is 66.5 Å². The summed E-state index contributed by atoms with van der Waals surface area (Å²) < 4.78 is 5.46. The standard InChI is InChI=1S/C41H35Cl2N3O8/c1-54-24-12-9-22(10-13-24)41-30(38(51)46(40(41)53)44-32-17-11-23(42)19-31(32)43)20-29-26(35(41)28-14-8-21-5-2-3-6-25(21)36(28)49)15-16-27-34(29)39(52)45(37(27)50)18-4-7-33(47)48/h2-3,5-6,8-15,17,19,27,29-30,34-35,44,49H,4,7,16,18,20H2,1H3,(H,47,48). The summed E-state index contributed by atoms with van der Waals surface area (Å²) in [6.45, 7) is -0.0376. The number of halogens is 2. The predicted octanol–water partition coefficient (Wildman–Crippen LogP) is 6.71. The molecule has 6 unspecified atom stereocenters. The lowest BCUT2D eigenvalue weighted by Crippen LogP contribution is -2.53. The molecule has 2 heterocycles. The van der Waals surface area contributed by atoms with Crippen molar-refractivity contribution >= 4 is 69.3 Å². The van der Waals surface area contributed by atoms with Gasteiger partial charge in [-0.2, -0.15) is 5.01 Å². The lowest BCUT2D eigenvalue weighted by Gasteiger charge is -2.50. The molecule has 0 radical (unpaired) electrons. The molecule has 3 N–H and O–H groups in total. The van der Waals surface area contributed by atoms with Crippen LogP contribution in [0.15, 0.2) is 90.5 Å². The number of phenolic OH excluding ortho intramolecular Hbond substituents is 1. The molecule has 11 nitrogen and oxygen atoms in total. The van der Waals surface area contributed by atoms with E-state index in [9.17, 15) is 29.4 Å². The smallest absolute Gasteiger partial charge is 0.303 e. The van der Waals surface area contributed by atoms with Crippen LogP contribution in [0.4, 0.5) is 5.69 Å². The summed E-state index contributed by atoms with van der Waals surface area (Å²) >= 11 is 12.7. The third kappa shape index (κ3) is 5.35. The van der Waals surface area contributed by atoms with Crippen molar-refractivity contribution in [1.29, 1.82) is 0 Å². The molecule has 1 saturated carbocycles. The molecule has 6 atom stereocenters. The van der Waals surface area contributed by atoms with Gasteiger partial charge in [0.05, 0.1) is 41.0 Å². The molecule has 13 heteroatoms. The van der Waals surface area contributed by atoms with E-state index >= 15 is 4.79 Å². The summed E-state index contributed by atoms with van der Waals surface area (Å²) in [6, 6.07) is 22.5. The van der Waals surface area contributed by atoms with E-state index in [4.69, 9.17) is 27.9 Å². The van der Waals surface area contributed by atoms with Crippen molar-refractivity contribution in [2.24, 2.45) is 23.7 Å². The molecule has 2 saturated heterocycles. The average Bonchev–Trinajstić information content (AvgIpc) is 3.53. The van der Waals surface area contributed by atoms with E-state index in [0.29, 0.717) is 32.9 Å². The van der Waals surface area contributed by atoms with Crippen LogP contribution < -0.4 is 10.2 Å². The molecule has 0 aromatic heterocycles. The molecule has 4 amide bonds. The summed E-state index contributed by atoms with van der Waals surface area (Å²) in [7, 11) is 1.52. The van der Waals surface area contributed by atoms with E-state index in [1.165, 1.54) is 13.2 Å². The highest BCUT2D eigenvalue weighted by Crippen LogP contribution is 2.65. The second kappa shape index (κ2) is 13.5. The number of rotatable bonds is 9. The van der Waals surface area contributed by atoms with Crippen LogP contribution in [0, 0.1) is 23.7 Å². The maximum Gasteiger partial charge on any atom is 0.303 e. The molecule has 4 aliphatic rings. The van der Waals surface area contributed by atoms with Gasteiger partial charge >= 0.3 is 5.97 Å². The molecule has 0 bridgehead atoms. The summed E-state index contributed by atoms with van der Waals surface area (Å²) in [5.41, 5.74) is 3.16. The Morgan fingerprint density at radius 3 is 2.43 bits per heavy atom. The number of anilines is 1. The van der Waals surface area contributed by atoms with E-state index in [1.807, 2.05) is 24.3 Å². The van der Waals surface area contributed by atoms with E-state index < -0.39 is 58.7 Å². The van der Waals surface area contributed by atoms with Crippen molar-refractivity contribution in [3.63, 3.8) is 0 Å². The van der Waals surface area contributed by atoms with Crippen LogP contribution in [0.3, 0.4) is 0 Å². The third-order valence-electron chi connectivity index (χ3n) is 11.7. The fourth-order valence-electron chi connectivity index (χ4n) is 9.37. The van der Waals surface area contributed by atoms with Crippen molar-refractivity contribution in [2.45, 2.75) is 37.0 Å². The first-order valence-electron chi connectivity index (χ1n) is 17.7. The van der Waals surface area contributed by atoms with Crippen molar-refractivity contribution in [1.82, 2.24) is 9.91 Å². The van der Waals surface area contributed by atoms with Gasteiger partial charge in [-0.15, -0.1) is 0 Å². The SMILES string of the molecule is COc1ccc(C23C(=O)N(Nc4ccc(Cl)cc4Cl)C(=O)C2CC2C(=CCC4C(=O)N(CCCC(=O)O)C(=O)C42)C3c2ccc3ccccc3c2O)cc1. The third-order valence-corrected chi connectivity index (χ3v) is 12.2. The van der Waals surface area contributed by atoms with Gasteiger partial charge in [-0.3, -0.25) is 34.3 Å². The number of likely N-dealkylation sites (tertiary alicyclic amines) is 1. The summed E-state index contributed by atoms with van der Waals surface area (Å²) in [6.07, 6.45) is 2.04. The quantitative estimate of drug-likeness (QED) is 0.125. The maximum atomic E-state index is 15.5. The van der Waals surface area contributed by atoms with Gasteiger partial charge in [0.25, 0.3) is 11.8 Å². The number of hydrogen-bond acceptors (Lipinski definition) is 8. The van der Waals surface area contributed by atoms with E-state index in [0.717, 1.165) is 15.3 Å². The van der Waals surface area contributed by atoms with Gasteiger partial charge in [0.2, 0.25) is 11.8 Å². The first-order chi connectivity index (χ1) is 26.0.